The van der Waals surface area contributed by atoms with Crippen LogP contribution in [0.3, 0.4) is 0 Å². The van der Waals surface area contributed by atoms with Gasteiger partial charge in [-0.3, -0.25) is 4.68 Å². The molecule has 108 valence electrons. The maximum Gasteiger partial charge on any atom is 0.0722 e. The summed E-state index contributed by atoms with van der Waals surface area (Å²) in [6.45, 7) is 2.01. The van der Waals surface area contributed by atoms with E-state index in [0.29, 0.717) is 6.42 Å². The Balaban J connectivity index is 1.97. The summed E-state index contributed by atoms with van der Waals surface area (Å²) >= 11 is 6.18. The summed E-state index contributed by atoms with van der Waals surface area (Å²) in [5, 5.41) is 6.53. The van der Waals surface area contributed by atoms with Gasteiger partial charge in [-0.05, 0) is 30.2 Å². The molecule has 0 spiro atoms. The molecule has 0 saturated heterocycles. The lowest BCUT2D eigenvalue weighted by molar-refractivity contribution is 0.679. The van der Waals surface area contributed by atoms with Gasteiger partial charge in [-0.1, -0.05) is 41.9 Å². The normalized spacial score (nSPS) is 12.8. The third-order valence-electron chi connectivity index (χ3n) is 3.96. The predicted octanol–water partition coefficient (Wildman–Crippen LogP) is 3.78. The number of rotatable bonds is 3. The van der Waals surface area contributed by atoms with E-state index in [0.717, 1.165) is 32.7 Å². The van der Waals surface area contributed by atoms with Crippen LogP contribution in [-0.2, 0) is 13.5 Å². The van der Waals surface area contributed by atoms with Crippen molar-refractivity contribution in [2.24, 2.45) is 12.8 Å². The Labute approximate surface area is 129 Å². The number of nitrogens with zero attached hydrogens (tertiary/aromatic N) is 2. The van der Waals surface area contributed by atoms with Crippen molar-refractivity contribution >= 4 is 22.5 Å². The van der Waals surface area contributed by atoms with Crippen LogP contribution in [-0.4, -0.2) is 9.78 Å². The Morgan fingerprint density at radius 3 is 2.76 bits per heavy atom. The molecule has 3 aromatic rings. The van der Waals surface area contributed by atoms with Crippen LogP contribution in [0, 0.1) is 6.92 Å². The molecule has 0 fully saturated rings. The number of benzene rings is 2. The molecule has 4 heteroatoms. The van der Waals surface area contributed by atoms with Crippen LogP contribution in [0.4, 0.5) is 0 Å². The number of hydrogen-bond acceptors (Lipinski definition) is 2. The fourth-order valence-electron chi connectivity index (χ4n) is 2.78. The highest BCUT2D eigenvalue weighted by atomic mass is 35.5. The van der Waals surface area contributed by atoms with Gasteiger partial charge in [0, 0.05) is 29.9 Å². The molecule has 1 unspecified atom stereocenters. The van der Waals surface area contributed by atoms with Gasteiger partial charge in [0.25, 0.3) is 0 Å². The summed E-state index contributed by atoms with van der Waals surface area (Å²) < 4.78 is 1.90. The van der Waals surface area contributed by atoms with Gasteiger partial charge in [-0.25, -0.2) is 0 Å². The van der Waals surface area contributed by atoms with E-state index < -0.39 is 0 Å². The summed E-state index contributed by atoms with van der Waals surface area (Å²) in [5.41, 5.74) is 10.7. The SMILES string of the molecule is Cc1c(Cl)cccc1C(N)Cc1nn(C)c2ccccc12. The number of aryl methyl sites for hydroxylation is 1. The van der Waals surface area contributed by atoms with Gasteiger partial charge in [0.1, 0.15) is 0 Å². The van der Waals surface area contributed by atoms with Gasteiger partial charge in [-0.2, -0.15) is 5.10 Å². The zero-order valence-corrected chi connectivity index (χ0v) is 12.9. The van der Waals surface area contributed by atoms with Crippen molar-refractivity contribution in [1.29, 1.82) is 0 Å². The van der Waals surface area contributed by atoms with E-state index in [-0.39, 0.29) is 6.04 Å². The number of para-hydroxylation sites is 1. The van der Waals surface area contributed by atoms with Crippen LogP contribution in [0.1, 0.15) is 22.9 Å². The summed E-state index contributed by atoms with van der Waals surface area (Å²) in [6, 6.07) is 14.0. The molecular formula is C17H18ClN3. The van der Waals surface area contributed by atoms with E-state index in [1.807, 2.05) is 49.0 Å². The predicted molar refractivity (Wildman–Crippen MR) is 87.5 cm³/mol. The Bertz CT molecular complexity index is 792. The zero-order valence-electron chi connectivity index (χ0n) is 12.2. The molecule has 0 saturated carbocycles. The third-order valence-corrected chi connectivity index (χ3v) is 4.37. The molecular weight excluding hydrogens is 282 g/mol. The number of aromatic nitrogens is 2. The smallest absolute Gasteiger partial charge is 0.0722 e. The third kappa shape index (κ3) is 2.55. The highest BCUT2D eigenvalue weighted by molar-refractivity contribution is 6.31. The number of hydrogen-bond donors (Lipinski definition) is 1. The molecule has 0 aliphatic rings. The van der Waals surface area contributed by atoms with E-state index >= 15 is 0 Å². The van der Waals surface area contributed by atoms with E-state index in [4.69, 9.17) is 17.3 Å². The summed E-state index contributed by atoms with van der Waals surface area (Å²) in [4.78, 5) is 0. The Morgan fingerprint density at radius 1 is 1.19 bits per heavy atom. The summed E-state index contributed by atoms with van der Waals surface area (Å²) in [6.07, 6.45) is 0.697. The average Bonchev–Trinajstić information content (AvgIpc) is 2.79. The van der Waals surface area contributed by atoms with Crippen LogP contribution in [0.5, 0.6) is 0 Å². The Morgan fingerprint density at radius 2 is 1.95 bits per heavy atom. The van der Waals surface area contributed by atoms with Gasteiger partial charge < -0.3 is 5.73 Å². The van der Waals surface area contributed by atoms with E-state index in [9.17, 15) is 0 Å². The van der Waals surface area contributed by atoms with Crippen molar-refractivity contribution in [2.75, 3.05) is 0 Å². The Hall–Kier alpha value is -1.84. The molecule has 1 atom stereocenters. The van der Waals surface area contributed by atoms with Crippen molar-refractivity contribution < 1.29 is 0 Å². The number of halogens is 1. The van der Waals surface area contributed by atoms with Crippen molar-refractivity contribution in [2.45, 2.75) is 19.4 Å². The maximum atomic E-state index is 6.39. The largest absolute Gasteiger partial charge is 0.324 e. The van der Waals surface area contributed by atoms with Gasteiger partial charge in [0.2, 0.25) is 0 Å². The lowest BCUT2D eigenvalue weighted by Crippen LogP contribution is -2.15. The van der Waals surface area contributed by atoms with Crippen LogP contribution < -0.4 is 5.73 Å². The van der Waals surface area contributed by atoms with Crippen LogP contribution in [0.15, 0.2) is 42.5 Å². The number of nitrogens with two attached hydrogens (primary N) is 1. The summed E-state index contributed by atoms with van der Waals surface area (Å²) in [5.74, 6) is 0. The minimum absolute atomic E-state index is 0.109. The second kappa shape index (κ2) is 5.51. The molecule has 0 aliphatic carbocycles. The first-order chi connectivity index (χ1) is 10.1. The quantitative estimate of drug-likeness (QED) is 0.800. The molecule has 3 rings (SSSR count). The first-order valence-corrected chi connectivity index (χ1v) is 7.37. The lowest BCUT2D eigenvalue weighted by Gasteiger charge is -2.14. The highest BCUT2D eigenvalue weighted by Crippen LogP contribution is 2.27. The number of fused-ring (bicyclic) bond motifs is 1. The molecule has 0 aliphatic heterocycles. The maximum absolute atomic E-state index is 6.39. The van der Waals surface area contributed by atoms with Gasteiger partial charge >= 0.3 is 0 Å². The molecule has 21 heavy (non-hydrogen) atoms. The second-order valence-electron chi connectivity index (χ2n) is 5.35. The minimum atomic E-state index is -0.109. The molecule has 0 bridgehead atoms. The Kier molecular flexibility index (Phi) is 3.70. The molecule has 0 amide bonds. The van der Waals surface area contributed by atoms with Crippen LogP contribution in [0.2, 0.25) is 5.02 Å². The van der Waals surface area contributed by atoms with Crippen molar-refractivity contribution in [1.82, 2.24) is 9.78 Å². The molecule has 2 aromatic carbocycles. The standard InChI is InChI=1S/C17H18ClN3/c1-11-12(7-5-8-14(11)18)15(19)10-16-13-6-3-4-9-17(13)21(2)20-16/h3-9,15H,10,19H2,1-2H3. The first-order valence-electron chi connectivity index (χ1n) is 6.99. The van der Waals surface area contributed by atoms with E-state index in [1.54, 1.807) is 0 Å². The van der Waals surface area contributed by atoms with Crippen molar-refractivity contribution in [3.05, 3.63) is 64.3 Å². The second-order valence-corrected chi connectivity index (χ2v) is 5.76. The topological polar surface area (TPSA) is 43.8 Å². The van der Waals surface area contributed by atoms with Gasteiger partial charge in [0.15, 0.2) is 0 Å². The highest BCUT2D eigenvalue weighted by Gasteiger charge is 2.15. The van der Waals surface area contributed by atoms with E-state index in [2.05, 4.69) is 17.2 Å². The van der Waals surface area contributed by atoms with Gasteiger partial charge in [-0.15, -0.1) is 0 Å². The monoisotopic (exact) mass is 299 g/mol. The zero-order chi connectivity index (χ0) is 15.0. The van der Waals surface area contributed by atoms with E-state index in [1.165, 1.54) is 0 Å². The lowest BCUT2D eigenvalue weighted by atomic mass is 9.97. The van der Waals surface area contributed by atoms with Crippen molar-refractivity contribution in [3.63, 3.8) is 0 Å². The first kappa shape index (κ1) is 14.1. The molecule has 2 N–H and O–H groups in total. The fraction of sp³-hybridized carbons (Fsp3) is 0.235. The molecule has 0 radical (unpaired) electrons. The van der Waals surface area contributed by atoms with Crippen LogP contribution in [0.25, 0.3) is 10.9 Å². The summed E-state index contributed by atoms with van der Waals surface area (Å²) in [7, 11) is 1.96. The minimum Gasteiger partial charge on any atom is -0.324 e. The van der Waals surface area contributed by atoms with Crippen LogP contribution >= 0.6 is 11.6 Å². The van der Waals surface area contributed by atoms with Crippen molar-refractivity contribution in [3.8, 4) is 0 Å². The molecule has 1 aromatic heterocycles. The average molecular weight is 300 g/mol. The molecule has 1 heterocycles. The fourth-order valence-corrected chi connectivity index (χ4v) is 2.97. The molecule has 3 nitrogen and oxygen atoms in total. The van der Waals surface area contributed by atoms with Gasteiger partial charge in [0.05, 0.1) is 11.2 Å².